The summed E-state index contributed by atoms with van der Waals surface area (Å²) in [7, 11) is 0. The molecule has 2 heterocycles. The maximum Gasteiger partial charge on any atom is 0.141 e. The van der Waals surface area contributed by atoms with E-state index in [2.05, 4.69) is 27.1 Å². The second-order valence-electron chi connectivity index (χ2n) is 5.77. The van der Waals surface area contributed by atoms with E-state index in [1.54, 1.807) is 18.5 Å². The first-order valence-corrected chi connectivity index (χ1v) is 8.36. The molecule has 2 aromatic rings. The predicted molar refractivity (Wildman–Crippen MR) is 92.0 cm³/mol. The highest BCUT2D eigenvalue weighted by Gasteiger charge is 2.22. The van der Waals surface area contributed by atoms with Gasteiger partial charge in [-0.15, -0.1) is 0 Å². The smallest absolute Gasteiger partial charge is 0.141 e. The Morgan fingerprint density at radius 1 is 1.30 bits per heavy atom. The highest BCUT2D eigenvalue weighted by molar-refractivity contribution is 6.31. The molecule has 1 aliphatic heterocycles. The summed E-state index contributed by atoms with van der Waals surface area (Å²) < 4.78 is 13.2. The van der Waals surface area contributed by atoms with Crippen molar-refractivity contribution in [1.82, 2.24) is 9.97 Å². The molecule has 4 nitrogen and oxygen atoms in total. The van der Waals surface area contributed by atoms with E-state index in [-0.39, 0.29) is 5.02 Å². The van der Waals surface area contributed by atoms with Crippen LogP contribution in [0.3, 0.4) is 0 Å². The van der Waals surface area contributed by atoms with Crippen LogP contribution in [0.4, 0.5) is 21.7 Å². The standard InChI is InChI=1S/C17H20ClFN4/c1-2-13-5-3-4-8-23(13)17-10-16(20-11-21-17)22-12-6-7-15(19)14(18)9-12/h6-7,9-11,13H,2-5,8H2,1H3,(H,20,21,22). The summed E-state index contributed by atoms with van der Waals surface area (Å²) in [5.41, 5.74) is 0.701. The third-order valence-corrected chi connectivity index (χ3v) is 4.53. The first-order valence-electron chi connectivity index (χ1n) is 7.98. The van der Waals surface area contributed by atoms with Gasteiger partial charge in [-0.1, -0.05) is 18.5 Å². The Bertz CT molecular complexity index is 679. The molecule has 1 aliphatic rings. The molecule has 1 atom stereocenters. The lowest BCUT2D eigenvalue weighted by Gasteiger charge is -2.36. The van der Waals surface area contributed by atoms with Crippen LogP contribution >= 0.6 is 11.6 Å². The summed E-state index contributed by atoms with van der Waals surface area (Å²) in [4.78, 5) is 11.0. The summed E-state index contributed by atoms with van der Waals surface area (Å²) in [6.45, 7) is 3.24. The quantitative estimate of drug-likeness (QED) is 0.873. The minimum atomic E-state index is -0.431. The Morgan fingerprint density at radius 2 is 2.17 bits per heavy atom. The zero-order valence-electron chi connectivity index (χ0n) is 13.1. The fourth-order valence-corrected chi connectivity index (χ4v) is 3.20. The third kappa shape index (κ3) is 3.72. The van der Waals surface area contributed by atoms with E-state index >= 15 is 0 Å². The van der Waals surface area contributed by atoms with Crippen LogP contribution < -0.4 is 10.2 Å². The molecule has 0 saturated carbocycles. The number of aromatic nitrogens is 2. The lowest BCUT2D eigenvalue weighted by Crippen LogP contribution is -2.39. The van der Waals surface area contributed by atoms with Crippen molar-refractivity contribution in [2.45, 2.75) is 38.6 Å². The number of nitrogens with zero attached hydrogens (tertiary/aromatic N) is 3. The van der Waals surface area contributed by atoms with Gasteiger partial charge in [-0.05, 0) is 43.9 Å². The Morgan fingerprint density at radius 3 is 2.96 bits per heavy atom. The molecule has 1 aromatic heterocycles. The summed E-state index contributed by atoms with van der Waals surface area (Å²) in [6, 6.07) is 7.00. The Kier molecular flexibility index (Phi) is 4.96. The summed E-state index contributed by atoms with van der Waals surface area (Å²) in [5.74, 6) is 1.18. The molecule has 1 N–H and O–H groups in total. The van der Waals surface area contributed by atoms with Crippen LogP contribution in [0.2, 0.25) is 5.02 Å². The van der Waals surface area contributed by atoms with Crippen LogP contribution in [0.5, 0.6) is 0 Å². The number of benzene rings is 1. The van der Waals surface area contributed by atoms with Gasteiger partial charge in [-0.3, -0.25) is 0 Å². The molecule has 122 valence electrons. The first kappa shape index (κ1) is 16.0. The maximum absolute atomic E-state index is 13.2. The van der Waals surface area contributed by atoms with Crippen molar-refractivity contribution in [2.24, 2.45) is 0 Å². The third-order valence-electron chi connectivity index (χ3n) is 4.24. The molecule has 23 heavy (non-hydrogen) atoms. The molecular weight excluding hydrogens is 315 g/mol. The number of rotatable bonds is 4. The minimum absolute atomic E-state index is 0.0892. The molecule has 3 rings (SSSR count). The van der Waals surface area contributed by atoms with Crippen LogP contribution in [0.1, 0.15) is 32.6 Å². The Labute approximate surface area is 140 Å². The van der Waals surface area contributed by atoms with Crippen molar-refractivity contribution in [3.63, 3.8) is 0 Å². The number of halogens is 2. The average molecular weight is 335 g/mol. The van der Waals surface area contributed by atoms with Gasteiger partial charge in [0.15, 0.2) is 0 Å². The van der Waals surface area contributed by atoms with Gasteiger partial charge in [-0.2, -0.15) is 0 Å². The van der Waals surface area contributed by atoms with Crippen LogP contribution in [-0.4, -0.2) is 22.6 Å². The van der Waals surface area contributed by atoms with Crippen molar-refractivity contribution < 1.29 is 4.39 Å². The van der Waals surface area contributed by atoms with Crippen LogP contribution in [0.15, 0.2) is 30.6 Å². The molecule has 0 bridgehead atoms. The Balaban J connectivity index is 1.80. The number of anilines is 3. The highest BCUT2D eigenvalue weighted by atomic mass is 35.5. The molecule has 1 saturated heterocycles. The van der Waals surface area contributed by atoms with Crippen molar-refractivity contribution in [3.05, 3.63) is 41.4 Å². The van der Waals surface area contributed by atoms with Crippen molar-refractivity contribution in [2.75, 3.05) is 16.8 Å². The van der Waals surface area contributed by atoms with E-state index in [9.17, 15) is 4.39 Å². The summed E-state index contributed by atoms with van der Waals surface area (Å²) in [5, 5.41) is 3.24. The fraction of sp³-hybridized carbons (Fsp3) is 0.412. The second kappa shape index (κ2) is 7.13. The van der Waals surface area contributed by atoms with Crippen LogP contribution in [0, 0.1) is 5.82 Å². The molecule has 0 amide bonds. The molecule has 1 aromatic carbocycles. The van der Waals surface area contributed by atoms with E-state index in [1.165, 1.54) is 25.3 Å². The van der Waals surface area contributed by atoms with Crippen molar-refractivity contribution in [3.8, 4) is 0 Å². The minimum Gasteiger partial charge on any atom is -0.353 e. The van der Waals surface area contributed by atoms with E-state index in [4.69, 9.17) is 11.6 Å². The lowest BCUT2D eigenvalue weighted by molar-refractivity contribution is 0.446. The van der Waals surface area contributed by atoms with E-state index < -0.39 is 5.82 Å². The second-order valence-corrected chi connectivity index (χ2v) is 6.17. The summed E-state index contributed by atoms with van der Waals surface area (Å²) in [6.07, 6.45) is 6.34. The Hall–Kier alpha value is -1.88. The molecule has 0 radical (unpaired) electrons. The molecule has 0 spiro atoms. The first-order chi connectivity index (χ1) is 11.2. The van der Waals surface area contributed by atoms with Crippen molar-refractivity contribution in [1.29, 1.82) is 0 Å². The maximum atomic E-state index is 13.2. The molecule has 0 aliphatic carbocycles. The topological polar surface area (TPSA) is 41.0 Å². The SMILES string of the molecule is CCC1CCCCN1c1cc(Nc2ccc(F)c(Cl)c2)ncn1. The largest absolute Gasteiger partial charge is 0.353 e. The van der Waals surface area contributed by atoms with Gasteiger partial charge in [0, 0.05) is 24.3 Å². The van der Waals surface area contributed by atoms with Gasteiger partial charge in [0.1, 0.15) is 23.8 Å². The van der Waals surface area contributed by atoms with Gasteiger partial charge in [0.2, 0.25) is 0 Å². The zero-order valence-corrected chi connectivity index (χ0v) is 13.9. The monoisotopic (exact) mass is 334 g/mol. The molecular formula is C17H20ClFN4. The van der Waals surface area contributed by atoms with E-state index in [1.807, 2.05) is 6.07 Å². The molecule has 6 heteroatoms. The van der Waals surface area contributed by atoms with Gasteiger partial charge in [0.05, 0.1) is 5.02 Å². The lowest BCUT2D eigenvalue weighted by atomic mass is 10.0. The predicted octanol–water partition coefficient (Wildman–Crippen LogP) is 4.78. The number of hydrogen-bond donors (Lipinski definition) is 1. The molecule has 1 unspecified atom stereocenters. The van der Waals surface area contributed by atoms with Gasteiger partial charge >= 0.3 is 0 Å². The number of piperidine rings is 1. The van der Waals surface area contributed by atoms with Gasteiger partial charge in [-0.25, -0.2) is 14.4 Å². The molecule has 1 fully saturated rings. The number of nitrogens with one attached hydrogen (secondary N) is 1. The van der Waals surface area contributed by atoms with E-state index in [0.29, 0.717) is 17.5 Å². The van der Waals surface area contributed by atoms with Gasteiger partial charge < -0.3 is 10.2 Å². The van der Waals surface area contributed by atoms with Gasteiger partial charge in [0.25, 0.3) is 0 Å². The average Bonchev–Trinajstić information content (AvgIpc) is 2.58. The zero-order chi connectivity index (χ0) is 16.2. The normalized spacial score (nSPS) is 18.0. The summed E-state index contributed by atoms with van der Waals surface area (Å²) >= 11 is 5.81. The number of hydrogen-bond acceptors (Lipinski definition) is 4. The van der Waals surface area contributed by atoms with Crippen molar-refractivity contribution >= 4 is 28.9 Å². The highest BCUT2D eigenvalue weighted by Crippen LogP contribution is 2.27. The van der Waals surface area contributed by atoms with Crippen LogP contribution in [-0.2, 0) is 0 Å². The van der Waals surface area contributed by atoms with Crippen LogP contribution in [0.25, 0.3) is 0 Å². The van der Waals surface area contributed by atoms with E-state index in [0.717, 1.165) is 18.8 Å². The fourth-order valence-electron chi connectivity index (χ4n) is 3.02.